The number of rotatable bonds is 5. The fourth-order valence-electron chi connectivity index (χ4n) is 4.83. The summed E-state index contributed by atoms with van der Waals surface area (Å²) in [5.41, 5.74) is 6.49. The van der Waals surface area contributed by atoms with Gasteiger partial charge in [-0.1, -0.05) is 18.2 Å². The second-order valence-electron chi connectivity index (χ2n) is 9.35. The number of nitrogens with zero attached hydrogens (tertiary/aromatic N) is 2. The van der Waals surface area contributed by atoms with Gasteiger partial charge in [-0.3, -0.25) is 4.79 Å². The molecule has 2 aliphatic heterocycles. The van der Waals surface area contributed by atoms with Crippen LogP contribution in [0.4, 0.5) is 5.69 Å². The van der Waals surface area contributed by atoms with E-state index in [0.29, 0.717) is 11.7 Å². The van der Waals surface area contributed by atoms with Gasteiger partial charge in [0.2, 0.25) is 11.8 Å². The van der Waals surface area contributed by atoms with Gasteiger partial charge in [0.1, 0.15) is 5.82 Å². The van der Waals surface area contributed by atoms with Crippen LogP contribution in [-0.4, -0.2) is 40.0 Å². The Morgan fingerprint density at radius 1 is 1.14 bits per heavy atom. The number of oxazole rings is 1. The number of carbonyl (C=O) groups excluding carboxylic acids is 1. The van der Waals surface area contributed by atoms with E-state index in [1.54, 1.807) is 6.20 Å². The minimum atomic E-state index is -0.133. The molecule has 8 nitrogen and oxygen atoms in total. The van der Waals surface area contributed by atoms with Gasteiger partial charge in [-0.25, -0.2) is 9.97 Å². The highest BCUT2D eigenvalue weighted by molar-refractivity contribution is 5.96. The Balaban J connectivity index is 1.25. The van der Waals surface area contributed by atoms with Crippen molar-refractivity contribution >= 4 is 22.6 Å². The molecule has 2 aromatic heterocycles. The van der Waals surface area contributed by atoms with Crippen LogP contribution in [0.5, 0.6) is 0 Å². The number of H-pyrrole nitrogens is 1. The zero-order chi connectivity index (χ0) is 23.9. The lowest BCUT2D eigenvalue weighted by Gasteiger charge is -2.13. The predicted molar refractivity (Wildman–Crippen MR) is 136 cm³/mol. The maximum atomic E-state index is 12.6. The van der Waals surface area contributed by atoms with E-state index >= 15 is 0 Å². The standard InChI is InChI=1S/C27H28N6O2/c1-15-5-6-18(13-21(15)33-26(34)20-4-3-10-28-20)27-30-14-23(35-27)17-7-8-19-22(12-17)32-25(31-19)24-16(2)9-11-29-24/h5-8,12-14,20,24,28-29H,2-4,9-11H2,1H3,(H,31,32)(H,33,34). The van der Waals surface area contributed by atoms with E-state index in [2.05, 4.69) is 32.5 Å². The van der Waals surface area contributed by atoms with Crippen molar-refractivity contribution < 1.29 is 9.21 Å². The number of carbonyl (C=O) groups is 1. The minimum absolute atomic E-state index is 0.000508. The van der Waals surface area contributed by atoms with Crippen LogP contribution in [-0.2, 0) is 4.79 Å². The first-order valence-electron chi connectivity index (χ1n) is 12.1. The number of benzene rings is 2. The van der Waals surface area contributed by atoms with Crippen molar-refractivity contribution in [2.75, 3.05) is 18.4 Å². The summed E-state index contributed by atoms with van der Waals surface area (Å²) >= 11 is 0. The van der Waals surface area contributed by atoms with E-state index in [-0.39, 0.29) is 18.0 Å². The van der Waals surface area contributed by atoms with E-state index in [1.807, 2.05) is 43.3 Å². The summed E-state index contributed by atoms with van der Waals surface area (Å²) in [6, 6.07) is 11.8. The molecule has 1 amide bonds. The molecule has 2 unspecified atom stereocenters. The fourth-order valence-corrected chi connectivity index (χ4v) is 4.83. The summed E-state index contributed by atoms with van der Waals surface area (Å²) in [7, 11) is 0. The molecule has 2 aromatic carbocycles. The largest absolute Gasteiger partial charge is 0.436 e. The highest BCUT2D eigenvalue weighted by atomic mass is 16.4. The van der Waals surface area contributed by atoms with Crippen LogP contribution in [0.25, 0.3) is 33.8 Å². The van der Waals surface area contributed by atoms with Crippen LogP contribution in [0.3, 0.4) is 0 Å². The van der Waals surface area contributed by atoms with Gasteiger partial charge in [-0.2, -0.15) is 0 Å². The molecule has 0 bridgehead atoms. The topological polar surface area (TPSA) is 108 Å². The third-order valence-electron chi connectivity index (χ3n) is 6.89. The van der Waals surface area contributed by atoms with Crippen molar-refractivity contribution in [3.05, 3.63) is 66.1 Å². The highest BCUT2D eigenvalue weighted by Gasteiger charge is 2.24. The third kappa shape index (κ3) is 4.15. The quantitative estimate of drug-likeness (QED) is 0.322. The molecule has 178 valence electrons. The predicted octanol–water partition coefficient (Wildman–Crippen LogP) is 4.47. The first-order chi connectivity index (χ1) is 17.0. The molecule has 2 saturated heterocycles. The van der Waals surface area contributed by atoms with Gasteiger partial charge in [0.25, 0.3) is 0 Å². The van der Waals surface area contributed by atoms with Crippen LogP contribution < -0.4 is 16.0 Å². The maximum Gasteiger partial charge on any atom is 0.241 e. The number of aromatic amines is 1. The molecule has 6 rings (SSSR count). The number of hydrogen-bond donors (Lipinski definition) is 4. The Morgan fingerprint density at radius 2 is 2.03 bits per heavy atom. The number of anilines is 1. The summed E-state index contributed by atoms with van der Waals surface area (Å²) in [6.07, 6.45) is 4.58. The van der Waals surface area contributed by atoms with Crippen molar-refractivity contribution in [2.24, 2.45) is 0 Å². The Labute approximate surface area is 203 Å². The number of amides is 1. The van der Waals surface area contributed by atoms with Crippen molar-refractivity contribution in [2.45, 2.75) is 38.3 Å². The molecular weight excluding hydrogens is 440 g/mol. The van der Waals surface area contributed by atoms with Gasteiger partial charge in [-0.05, 0) is 75.2 Å². The molecule has 4 heterocycles. The molecular formula is C27H28N6O2. The van der Waals surface area contributed by atoms with Gasteiger partial charge in [-0.15, -0.1) is 0 Å². The molecule has 35 heavy (non-hydrogen) atoms. The first kappa shape index (κ1) is 21.8. The monoisotopic (exact) mass is 468 g/mol. The van der Waals surface area contributed by atoms with E-state index in [9.17, 15) is 4.79 Å². The SMILES string of the molecule is C=C1CCNC1c1nc2ccc(-c3cnc(-c4ccc(C)c(NC(=O)C5CCCN5)c4)o3)cc2[nH]1. The van der Waals surface area contributed by atoms with Gasteiger partial charge in [0, 0.05) is 16.8 Å². The minimum Gasteiger partial charge on any atom is -0.436 e. The average molecular weight is 469 g/mol. The number of aryl methyl sites for hydroxylation is 1. The first-order valence-corrected chi connectivity index (χ1v) is 12.1. The normalized spacial score (nSPS) is 20.1. The van der Waals surface area contributed by atoms with Gasteiger partial charge in [0.15, 0.2) is 5.76 Å². The molecule has 2 atom stereocenters. The number of imidazole rings is 1. The summed E-state index contributed by atoms with van der Waals surface area (Å²) < 4.78 is 6.13. The average Bonchev–Trinajstić information content (AvgIpc) is 3.66. The van der Waals surface area contributed by atoms with Crippen molar-refractivity contribution in [1.82, 2.24) is 25.6 Å². The zero-order valence-electron chi connectivity index (χ0n) is 19.6. The Kier molecular flexibility index (Phi) is 5.47. The molecule has 4 N–H and O–H groups in total. The van der Waals surface area contributed by atoms with Gasteiger partial charge < -0.3 is 25.4 Å². The zero-order valence-corrected chi connectivity index (χ0v) is 19.6. The number of aromatic nitrogens is 3. The van der Waals surface area contributed by atoms with Crippen molar-refractivity contribution in [3.63, 3.8) is 0 Å². The third-order valence-corrected chi connectivity index (χ3v) is 6.89. The molecule has 0 spiro atoms. The lowest BCUT2D eigenvalue weighted by molar-refractivity contribution is -0.117. The van der Waals surface area contributed by atoms with E-state index in [0.717, 1.165) is 77.2 Å². The van der Waals surface area contributed by atoms with E-state index in [1.165, 1.54) is 0 Å². The van der Waals surface area contributed by atoms with Crippen molar-refractivity contribution in [3.8, 4) is 22.8 Å². The van der Waals surface area contributed by atoms with E-state index in [4.69, 9.17) is 9.40 Å². The second kappa shape index (κ2) is 8.79. The Bertz CT molecular complexity index is 1430. The maximum absolute atomic E-state index is 12.6. The molecule has 2 aliphatic rings. The van der Waals surface area contributed by atoms with Crippen LogP contribution in [0.1, 0.15) is 36.7 Å². The summed E-state index contributed by atoms with van der Waals surface area (Å²) in [5, 5.41) is 9.73. The Morgan fingerprint density at radius 3 is 2.83 bits per heavy atom. The lowest BCUT2D eigenvalue weighted by atomic mass is 10.1. The van der Waals surface area contributed by atoms with Gasteiger partial charge >= 0.3 is 0 Å². The lowest BCUT2D eigenvalue weighted by Crippen LogP contribution is -2.35. The smallest absolute Gasteiger partial charge is 0.241 e. The molecule has 8 heteroatoms. The van der Waals surface area contributed by atoms with Crippen LogP contribution in [0.2, 0.25) is 0 Å². The van der Waals surface area contributed by atoms with Crippen LogP contribution in [0, 0.1) is 6.92 Å². The molecule has 0 aliphatic carbocycles. The second-order valence-corrected chi connectivity index (χ2v) is 9.35. The van der Waals surface area contributed by atoms with Gasteiger partial charge in [0.05, 0.1) is 29.3 Å². The number of nitrogens with one attached hydrogen (secondary N) is 4. The number of hydrogen-bond acceptors (Lipinski definition) is 6. The summed E-state index contributed by atoms with van der Waals surface area (Å²) in [5.74, 6) is 2.06. The summed E-state index contributed by atoms with van der Waals surface area (Å²) in [4.78, 5) is 25.3. The van der Waals surface area contributed by atoms with Crippen LogP contribution in [0.15, 0.2) is 59.2 Å². The molecule has 4 aromatic rings. The molecule has 0 radical (unpaired) electrons. The number of fused-ring (bicyclic) bond motifs is 1. The van der Waals surface area contributed by atoms with E-state index < -0.39 is 0 Å². The summed E-state index contributed by atoms with van der Waals surface area (Å²) in [6.45, 7) is 7.94. The molecule has 0 saturated carbocycles. The van der Waals surface area contributed by atoms with Crippen molar-refractivity contribution in [1.29, 1.82) is 0 Å². The highest BCUT2D eigenvalue weighted by Crippen LogP contribution is 2.32. The van der Waals surface area contributed by atoms with Crippen LogP contribution >= 0.6 is 0 Å². The fraction of sp³-hybridized carbons (Fsp3) is 0.296. The molecule has 2 fully saturated rings. The Hall–Kier alpha value is -3.75.